The third-order valence-corrected chi connectivity index (χ3v) is 1.07. The molecule has 0 aliphatic rings. The van der Waals surface area contributed by atoms with Crippen LogP contribution in [0.3, 0.4) is 0 Å². The number of pyridine rings is 1. The third-order valence-electron chi connectivity index (χ3n) is 1.07. The molecule has 0 radical (unpaired) electrons. The molecule has 0 spiro atoms. The summed E-state index contributed by atoms with van der Waals surface area (Å²) < 4.78 is 0. The Hall–Kier alpha value is -1.62. The Kier molecular flexibility index (Phi) is 1.81. The zero-order valence-electron chi connectivity index (χ0n) is 5.24. The van der Waals surface area contributed by atoms with E-state index in [4.69, 9.17) is 6.42 Å². The molecule has 0 aliphatic carbocycles. The van der Waals surface area contributed by atoms with Crippen LogP contribution in [0.25, 0.3) is 0 Å². The number of hydrogen-bond donors (Lipinski definition) is 0. The fourth-order valence-corrected chi connectivity index (χ4v) is 0.587. The minimum absolute atomic E-state index is 0. The van der Waals surface area contributed by atoms with Crippen molar-refractivity contribution in [3.8, 4) is 12.3 Å². The monoisotopic (exact) mass is 133 g/mol. The van der Waals surface area contributed by atoms with Crippen LogP contribution in [0.2, 0.25) is 0 Å². The van der Waals surface area contributed by atoms with E-state index in [0.717, 1.165) is 0 Å². The first-order valence-corrected chi connectivity index (χ1v) is 2.75. The standard InChI is InChI=1S/C8H5NO.H2/c1-2-8(10)7-3-5-9-6-4-7;/h1,3-6H;1H. The van der Waals surface area contributed by atoms with Crippen LogP contribution >= 0.6 is 0 Å². The Morgan fingerprint density at radius 2 is 2.20 bits per heavy atom. The summed E-state index contributed by atoms with van der Waals surface area (Å²) in [5.74, 6) is 1.71. The van der Waals surface area contributed by atoms with Crippen LogP contribution in [0.5, 0.6) is 0 Å². The SMILES string of the molecule is C#CC(=O)c1ccncc1.[HH]. The highest BCUT2D eigenvalue weighted by molar-refractivity contribution is 6.08. The molecule has 1 rings (SSSR count). The number of terminal acetylenes is 1. The maximum atomic E-state index is 10.7. The van der Waals surface area contributed by atoms with Crippen LogP contribution in [-0.2, 0) is 0 Å². The van der Waals surface area contributed by atoms with E-state index in [2.05, 4.69) is 4.98 Å². The zero-order valence-corrected chi connectivity index (χ0v) is 5.24. The molecule has 0 atom stereocenters. The first kappa shape index (κ1) is 6.50. The Labute approximate surface area is 60.4 Å². The summed E-state index contributed by atoms with van der Waals surface area (Å²) in [6.07, 6.45) is 7.95. The summed E-state index contributed by atoms with van der Waals surface area (Å²) in [6, 6.07) is 3.17. The molecule has 0 bridgehead atoms. The number of hydrogen-bond acceptors (Lipinski definition) is 2. The fraction of sp³-hybridized carbons (Fsp3) is 0. The van der Waals surface area contributed by atoms with Gasteiger partial charge >= 0.3 is 0 Å². The predicted octanol–water partition coefficient (Wildman–Crippen LogP) is 1.14. The van der Waals surface area contributed by atoms with Crippen molar-refractivity contribution in [1.29, 1.82) is 0 Å². The van der Waals surface area contributed by atoms with Gasteiger partial charge in [0.25, 0.3) is 0 Å². The lowest BCUT2D eigenvalue weighted by atomic mass is 10.2. The molecule has 0 aliphatic heterocycles. The highest BCUT2D eigenvalue weighted by atomic mass is 16.1. The Balaban J connectivity index is 0.000001000. The molecular formula is C8H7NO. The van der Waals surface area contributed by atoms with Crippen molar-refractivity contribution in [2.24, 2.45) is 0 Å². The van der Waals surface area contributed by atoms with Crippen LogP contribution in [0.15, 0.2) is 24.5 Å². The molecule has 0 saturated carbocycles. The summed E-state index contributed by atoms with van der Waals surface area (Å²) in [4.78, 5) is 14.5. The first-order chi connectivity index (χ1) is 4.84. The molecule has 1 aromatic rings. The topological polar surface area (TPSA) is 30.0 Å². The van der Waals surface area contributed by atoms with Crippen molar-refractivity contribution in [1.82, 2.24) is 4.98 Å². The number of aromatic nitrogens is 1. The Morgan fingerprint density at radius 3 is 2.70 bits per heavy atom. The molecule has 0 amide bonds. The zero-order chi connectivity index (χ0) is 7.40. The van der Waals surface area contributed by atoms with Gasteiger partial charge in [-0.25, -0.2) is 0 Å². The van der Waals surface area contributed by atoms with E-state index in [-0.39, 0.29) is 7.21 Å². The van der Waals surface area contributed by atoms with E-state index >= 15 is 0 Å². The predicted molar refractivity (Wildman–Crippen MR) is 39.5 cm³/mol. The van der Waals surface area contributed by atoms with E-state index in [1.807, 2.05) is 5.92 Å². The number of carbonyl (C=O) groups is 1. The van der Waals surface area contributed by atoms with Crippen LogP contribution in [0.1, 0.15) is 11.8 Å². The number of rotatable bonds is 1. The third kappa shape index (κ3) is 1.20. The van der Waals surface area contributed by atoms with Crippen molar-refractivity contribution in [2.75, 3.05) is 0 Å². The second-order valence-corrected chi connectivity index (χ2v) is 1.71. The lowest BCUT2D eigenvalue weighted by Gasteiger charge is -1.88. The minimum Gasteiger partial charge on any atom is -0.279 e. The van der Waals surface area contributed by atoms with E-state index in [0.29, 0.717) is 5.56 Å². The molecule has 0 N–H and O–H groups in total. The lowest BCUT2D eigenvalue weighted by molar-refractivity contribution is 0.105. The molecule has 0 aromatic carbocycles. The average molecular weight is 133 g/mol. The van der Waals surface area contributed by atoms with Gasteiger partial charge in [-0.1, -0.05) is 0 Å². The van der Waals surface area contributed by atoms with E-state index in [1.165, 1.54) is 12.4 Å². The summed E-state index contributed by atoms with van der Waals surface area (Å²) in [6.45, 7) is 0. The van der Waals surface area contributed by atoms with Crippen molar-refractivity contribution >= 4 is 5.78 Å². The van der Waals surface area contributed by atoms with E-state index in [9.17, 15) is 4.79 Å². The molecule has 2 nitrogen and oxygen atoms in total. The van der Waals surface area contributed by atoms with Gasteiger partial charge in [-0.3, -0.25) is 9.78 Å². The average Bonchev–Trinajstić information content (AvgIpc) is 2.05. The van der Waals surface area contributed by atoms with Gasteiger partial charge in [-0.2, -0.15) is 0 Å². The van der Waals surface area contributed by atoms with Gasteiger partial charge in [0.2, 0.25) is 5.78 Å². The molecule has 0 saturated heterocycles. The Morgan fingerprint density at radius 1 is 1.60 bits per heavy atom. The lowest BCUT2D eigenvalue weighted by Crippen LogP contribution is -1.92. The fourth-order valence-electron chi connectivity index (χ4n) is 0.587. The van der Waals surface area contributed by atoms with Crippen LogP contribution in [0, 0.1) is 12.3 Å². The molecule has 0 fully saturated rings. The van der Waals surface area contributed by atoms with Gasteiger partial charge in [-0.05, 0) is 18.1 Å². The first-order valence-electron chi connectivity index (χ1n) is 2.75. The van der Waals surface area contributed by atoms with Crippen LogP contribution in [-0.4, -0.2) is 10.8 Å². The van der Waals surface area contributed by atoms with Crippen LogP contribution in [0.4, 0.5) is 0 Å². The molecule has 0 unspecified atom stereocenters. The second-order valence-electron chi connectivity index (χ2n) is 1.71. The maximum absolute atomic E-state index is 10.7. The van der Waals surface area contributed by atoms with E-state index < -0.39 is 0 Å². The van der Waals surface area contributed by atoms with Crippen molar-refractivity contribution in [3.63, 3.8) is 0 Å². The largest absolute Gasteiger partial charge is 0.279 e. The molecule has 1 aromatic heterocycles. The van der Waals surface area contributed by atoms with E-state index in [1.54, 1.807) is 12.1 Å². The molecule has 2 heteroatoms. The highest BCUT2D eigenvalue weighted by Gasteiger charge is 1.97. The molecular weight excluding hydrogens is 126 g/mol. The maximum Gasteiger partial charge on any atom is 0.235 e. The van der Waals surface area contributed by atoms with Gasteiger partial charge in [0.05, 0.1) is 0 Å². The number of Topliss-reactive ketones (excluding diaryl/α,β-unsaturated/α-hetero) is 1. The summed E-state index contributed by atoms with van der Waals surface area (Å²) in [5.41, 5.74) is 0.512. The van der Waals surface area contributed by atoms with Gasteiger partial charge in [-0.15, -0.1) is 6.42 Å². The molecule has 1 heterocycles. The van der Waals surface area contributed by atoms with Gasteiger partial charge in [0.1, 0.15) is 0 Å². The van der Waals surface area contributed by atoms with Gasteiger partial charge in [0.15, 0.2) is 0 Å². The van der Waals surface area contributed by atoms with Crippen molar-refractivity contribution < 1.29 is 6.22 Å². The number of carbonyl (C=O) groups excluding carboxylic acids is 1. The normalized spacial score (nSPS) is 8.30. The molecule has 50 valence electrons. The number of nitrogens with zero attached hydrogens (tertiary/aromatic N) is 1. The second kappa shape index (κ2) is 2.79. The minimum atomic E-state index is -0.303. The molecule has 10 heavy (non-hydrogen) atoms. The van der Waals surface area contributed by atoms with Crippen LogP contribution < -0.4 is 0 Å². The van der Waals surface area contributed by atoms with Crippen molar-refractivity contribution in [3.05, 3.63) is 30.1 Å². The number of ketones is 1. The smallest absolute Gasteiger partial charge is 0.235 e. The summed E-state index contributed by atoms with van der Waals surface area (Å²) in [7, 11) is 0. The summed E-state index contributed by atoms with van der Waals surface area (Å²) >= 11 is 0. The Bertz CT molecular complexity index is 276. The highest BCUT2D eigenvalue weighted by Crippen LogP contribution is 1.95. The van der Waals surface area contributed by atoms with Gasteiger partial charge < -0.3 is 0 Å². The van der Waals surface area contributed by atoms with Gasteiger partial charge in [0, 0.05) is 19.4 Å². The quantitative estimate of drug-likeness (QED) is 0.326. The van der Waals surface area contributed by atoms with Crippen molar-refractivity contribution in [2.45, 2.75) is 0 Å². The summed E-state index contributed by atoms with van der Waals surface area (Å²) in [5, 5.41) is 0.